The lowest BCUT2D eigenvalue weighted by atomic mass is 10.0. The van der Waals surface area contributed by atoms with Crippen LogP contribution in [-0.2, 0) is 4.74 Å². The molecule has 0 unspecified atom stereocenters. The minimum Gasteiger partial charge on any atom is -0.410 e. The van der Waals surface area contributed by atoms with Crippen molar-refractivity contribution in [2.45, 2.75) is 26.7 Å². The molecule has 1 aliphatic heterocycles. The zero-order valence-electron chi connectivity index (χ0n) is 14.5. The van der Waals surface area contributed by atoms with Crippen molar-refractivity contribution in [3.63, 3.8) is 0 Å². The lowest BCUT2D eigenvalue weighted by molar-refractivity contribution is 0.0341. The number of benzene rings is 1. The van der Waals surface area contributed by atoms with E-state index in [1.54, 1.807) is 4.90 Å². The number of carbonyl (C=O) groups is 1. The second kappa shape index (κ2) is 8.89. The summed E-state index contributed by atoms with van der Waals surface area (Å²) in [5, 5.41) is 0. The number of carbonyl (C=O) groups excluding carboxylic acids is 1. The van der Waals surface area contributed by atoms with E-state index in [0.29, 0.717) is 24.8 Å². The number of hydrogen-bond donors (Lipinski definition) is 0. The molecule has 5 heteroatoms. The van der Waals surface area contributed by atoms with Gasteiger partial charge in [-0.05, 0) is 30.5 Å². The SMILES string of the molecule is CCN(CCN1CCOCC1)C(=O)Oc1cccc(C(C)C)c1. The van der Waals surface area contributed by atoms with Crippen molar-refractivity contribution in [3.05, 3.63) is 29.8 Å². The molecule has 2 rings (SSSR count). The van der Waals surface area contributed by atoms with Gasteiger partial charge in [0.05, 0.1) is 13.2 Å². The third kappa shape index (κ3) is 5.52. The van der Waals surface area contributed by atoms with Gasteiger partial charge in [0.25, 0.3) is 0 Å². The standard InChI is InChI=1S/C18H28N2O3/c1-4-20(9-8-19-10-12-22-13-11-19)18(21)23-17-7-5-6-16(14-17)15(2)3/h5-7,14-15H,4,8-13H2,1-3H3. The summed E-state index contributed by atoms with van der Waals surface area (Å²) >= 11 is 0. The fourth-order valence-corrected chi connectivity index (χ4v) is 2.57. The molecule has 1 saturated heterocycles. The Morgan fingerprint density at radius 1 is 1.35 bits per heavy atom. The quantitative estimate of drug-likeness (QED) is 0.808. The summed E-state index contributed by atoms with van der Waals surface area (Å²) in [4.78, 5) is 16.4. The summed E-state index contributed by atoms with van der Waals surface area (Å²) < 4.78 is 10.9. The number of amides is 1. The maximum absolute atomic E-state index is 12.4. The van der Waals surface area contributed by atoms with Gasteiger partial charge in [0.15, 0.2) is 0 Å². The van der Waals surface area contributed by atoms with Crippen LogP contribution in [0.5, 0.6) is 5.75 Å². The van der Waals surface area contributed by atoms with Crippen molar-refractivity contribution in [2.75, 3.05) is 45.9 Å². The molecule has 0 N–H and O–H groups in total. The van der Waals surface area contributed by atoms with E-state index < -0.39 is 0 Å². The predicted octanol–water partition coefficient (Wildman–Crippen LogP) is 2.96. The van der Waals surface area contributed by atoms with Crippen molar-refractivity contribution in [1.82, 2.24) is 9.80 Å². The van der Waals surface area contributed by atoms with Crippen LogP contribution in [0, 0.1) is 0 Å². The zero-order valence-corrected chi connectivity index (χ0v) is 14.5. The molecule has 0 bridgehead atoms. The second-order valence-electron chi connectivity index (χ2n) is 6.13. The smallest absolute Gasteiger partial charge is 0.410 e. The molecule has 1 fully saturated rings. The number of nitrogens with zero attached hydrogens (tertiary/aromatic N) is 2. The number of morpholine rings is 1. The minimum absolute atomic E-state index is 0.276. The summed E-state index contributed by atoms with van der Waals surface area (Å²) in [5.74, 6) is 1.03. The van der Waals surface area contributed by atoms with Crippen LogP contribution in [0.2, 0.25) is 0 Å². The third-order valence-electron chi connectivity index (χ3n) is 4.16. The van der Waals surface area contributed by atoms with Crippen molar-refractivity contribution in [2.24, 2.45) is 0 Å². The van der Waals surface area contributed by atoms with E-state index in [1.807, 2.05) is 25.1 Å². The summed E-state index contributed by atoms with van der Waals surface area (Å²) in [6.07, 6.45) is -0.276. The molecule has 5 nitrogen and oxygen atoms in total. The van der Waals surface area contributed by atoms with Crippen molar-refractivity contribution >= 4 is 6.09 Å². The predicted molar refractivity (Wildman–Crippen MR) is 91.1 cm³/mol. The van der Waals surface area contributed by atoms with Gasteiger partial charge in [0.1, 0.15) is 5.75 Å². The van der Waals surface area contributed by atoms with Crippen LogP contribution in [0.1, 0.15) is 32.3 Å². The molecular weight excluding hydrogens is 292 g/mol. The molecule has 1 heterocycles. The highest BCUT2D eigenvalue weighted by atomic mass is 16.6. The lowest BCUT2D eigenvalue weighted by Gasteiger charge is -2.29. The van der Waals surface area contributed by atoms with E-state index in [0.717, 1.165) is 32.8 Å². The maximum atomic E-state index is 12.4. The van der Waals surface area contributed by atoms with Crippen molar-refractivity contribution in [3.8, 4) is 5.75 Å². The average molecular weight is 320 g/mol. The first-order valence-electron chi connectivity index (χ1n) is 8.47. The molecule has 0 radical (unpaired) electrons. The van der Waals surface area contributed by atoms with Gasteiger partial charge in [-0.2, -0.15) is 0 Å². The van der Waals surface area contributed by atoms with Gasteiger partial charge in [-0.1, -0.05) is 26.0 Å². The topological polar surface area (TPSA) is 42.0 Å². The van der Waals surface area contributed by atoms with E-state index >= 15 is 0 Å². The second-order valence-corrected chi connectivity index (χ2v) is 6.13. The van der Waals surface area contributed by atoms with E-state index in [1.165, 1.54) is 5.56 Å². The maximum Gasteiger partial charge on any atom is 0.415 e. The summed E-state index contributed by atoms with van der Waals surface area (Å²) in [6, 6.07) is 7.76. The highest BCUT2D eigenvalue weighted by Crippen LogP contribution is 2.20. The monoisotopic (exact) mass is 320 g/mol. The first-order valence-corrected chi connectivity index (χ1v) is 8.47. The van der Waals surface area contributed by atoms with Gasteiger partial charge in [-0.15, -0.1) is 0 Å². The van der Waals surface area contributed by atoms with Crippen LogP contribution in [0.3, 0.4) is 0 Å². The van der Waals surface area contributed by atoms with Crippen LogP contribution in [0.15, 0.2) is 24.3 Å². The number of hydrogen-bond acceptors (Lipinski definition) is 4. The third-order valence-corrected chi connectivity index (χ3v) is 4.16. The van der Waals surface area contributed by atoms with Crippen LogP contribution < -0.4 is 4.74 Å². The Kier molecular flexibility index (Phi) is 6.86. The number of ether oxygens (including phenoxy) is 2. The Morgan fingerprint density at radius 3 is 2.74 bits per heavy atom. The molecule has 1 aliphatic rings. The van der Waals surface area contributed by atoms with Crippen LogP contribution >= 0.6 is 0 Å². The normalized spacial score (nSPS) is 15.7. The Balaban J connectivity index is 1.87. The van der Waals surface area contributed by atoms with Crippen LogP contribution in [0.4, 0.5) is 4.79 Å². The van der Waals surface area contributed by atoms with E-state index in [9.17, 15) is 4.79 Å². The summed E-state index contributed by atoms with van der Waals surface area (Å²) in [6.45, 7) is 11.8. The minimum atomic E-state index is -0.276. The van der Waals surface area contributed by atoms with Gasteiger partial charge in [0, 0.05) is 32.7 Å². The molecule has 0 saturated carbocycles. The number of likely N-dealkylation sites (N-methyl/N-ethyl adjacent to an activating group) is 1. The molecule has 1 amide bonds. The molecule has 128 valence electrons. The van der Waals surface area contributed by atoms with Gasteiger partial charge < -0.3 is 14.4 Å². The lowest BCUT2D eigenvalue weighted by Crippen LogP contribution is -2.43. The van der Waals surface area contributed by atoms with E-state index in [2.05, 4.69) is 24.8 Å². The first kappa shape index (κ1) is 17.8. The highest BCUT2D eigenvalue weighted by molar-refractivity contribution is 5.70. The first-order chi connectivity index (χ1) is 11.1. The van der Waals surface area contributed by atoms with Crippen LogP contribution in [-0.4, -0.2) is 61.8 Å². The average Bonchev–Trinajstić information content (AvgIpc) is 2.56. The molecule has 0 aromatic heterocycles. The van der Waals surface area contributed by atoms with E-state index in [4.69, 9.17) is 9.47 Å². The molecule has 23 heavy (non-hydrogen) atoms. The van der Waals surface area contributed by atoms with E-state index in [-0.39, 0.29) is 6.09 Å². The fraction of sp³-hybridized carbons (Fsp3) is 0.611. The molecule has 1 aromatic rings. The largest absolute Gasteiger partial charge is 0.415 e. The van der Waals surface area contributed by atoms with Gasteiger partial charge >= 0.3 is 6.09 Å². The molecule has 0 aliphatic carbocycles. The Morgan fingerprint density at radius 2 is 2.09 bits per heavy atom. The molecular formula is C18H28N2O3. The van der Waals surface area contributed by atoms with Crippen LogP contribution in [0.25, 0.3) is 0 Å². The molecule has 0 spiro atoms. The summed E-state index contributed by atoms with van der Waals surface area (Å²) in [5.41, 5.74) is 1.17. The Bertz CT molecular complexity index is 499. The molecule has 0 atom stereocenters. The van der Waals surface area contributed by atoms with Gasteiger partial charge in [0.2, 0.25) is 0 Å². The zero-order chi connectivity index (χ0) is 16.7. The molecule has 1 aromatic carbocycles. The van der Waals surface area contributed by atoms with Gasteiger partial charge in [-0.25, -0.2) is 4.79 Å². The Hall–Kier alpha value is -1.59. The number of rotatable bonds is 6. The van der Waals surface area contributed by atoms with Crippen molar-refractivity contribution < 1.29 is 14.3 Å². The summed E-state index contributed by atoms with van der Waals surface area (Å²) in [7, 11) is 0. The van der Waals surface area contributed by atoms with Crippen molar-refractivity contribution in [1.29, 1.82) is 0 Å². The fourth-order valence-electron chi connectivity index (χ4n) is 2.57. The van der Waals surface area contributed by atoms with Gasteiger partial charge in [-0.3, -0.25) is 4.90 Å². The Labute approximate surface area is 139 Å². The highest BCUT2D eigenvalue weighted by Gasteiger charge is 2.17.